The van der Waals surface area contributed by atoms with Crippen LogP contribution in [0.2, 0.25) is 0 Å². The van der Waals surface area contributed by atoms with Crippen molar-refractivity contribution in [2.45, 2.75) is 51.3 Å². The van der Waals surface area contributed by atoms with Crippen molar-refractivity contribution in [3.63, 3.8) is 0 Å². The van der Waals surface area contributed by atoms with E-state index in [0.717, 1.165) is 68.8 Å². The first-order valence-electron chi connectivity index (χ1n) is 28.7. The first kappa shape index (κ1) is 64.6. The van der Waals surface area contributed by atoms with E-state index in [-0.39, 0.29) is 49.3 Å². The molecule has 2 fully saturated rings. The molecule has 0 saturated carbocycles. The number of ketones is 1. The fourth-order valence-electron chi connectivity index (χ4n) is 9.74. The number of piperazine rings is 1. The molecule has 6 heterocycles. The molecule has 2 aliphatic heterocycles. The number of ether oxygens (including phenoxy) is 7. The van der Waals surface area contributed by atoms with Crippen LogP contribution in [0.5, 0.6) is 5.75 Å². The van der Waals surface area contributed by atoms with Crippen molar-refractivity contribution >= 4 is 40.4 Å². The third-order valence-corrected chi connectivity index (χ3v) is 14.4. The largest absolute Gasteiger partial charge is 0.494 e. The third kappa shape index (κ3) is 19.8. The Labute approximate surface area is 488 Å². The van der Waals surface area contributed by atoms with Gasteiger partial charge in [-0.15, -0.1) is 10.2 Å². The number of aliphatic hydroxyl groups excluding tert-OH is 2. The van der Waals surface area contributed by atoms with E-state index in [1.54, 1.807) is 4.68 Å². The summed E-state index contributed by atoms with van der Waals surface area (Å²) < 4.78 is 42.1. The highest BCUT2D eigenvalue weighted by molar-refractivity contribution is 6.45. The first-order chi connectivity index (χ1) is 41.2. The number of Topliss-reactive ketones (excluding diaryl/α,β-unsaturated/α-hetero) is 1. The second-order valence-electron chi connectivity index (χ2n) is 19.9. The molecule has 0 unspecified atom stereocenters. The SMILES string of the molecule is COc1cnc(-n2cnc(C(=O)NCCCN(CCCN3CCN(CCOCCOCCOCCOCc4cn(CCOCCOCCC=O)nn4)CC3)C(CO)CO)n2)c2[nH]cc(C(=O)C(=O)N3CCC(=C(C#N)c4ccccc4)CC3)c12. The summed E-state index contributed by atoms with van der Waals surface area (Å²) >= 11 is 0. The lowest BCUT2D eigenvalue weighted by atomic mass is 9.93. The Balaban J connectivity index is 0.727. The fraction of sp³-hybridized carbons (Fsp3) is 0.579. The topological polar surface area (TPSA) is 312 Å². The highest BCUT2D eigenvalue weighted by Crippen LogP contribution is 2.33. The molecule has 4 N–H and O–H groups in total. The number of hydrogen-bond acceptors (Lipinski definition) is 22. The molecule has 7 rings (SSSR count). The molecule has 0 spiro atoms. The van der Waals surface area contributed by atoms with Gasteiger partial charge in [-0.25, -0.2) is 14.6 Å². The monoisotopic (exact) mass is 1170 g/mol. The number of likely N-dealkylation sites (tertiary alicyclic amines) is 1. The first-order valence-corrected chi connectivity index (χ1v) is 28.7. The Kier molecular flexibility index (Phi) is 27.7. The number of aromatic amines is 1. The number of allylic oxidation sites excluding steroid dienone is 1. The summed E-state index contributed by atoms with van der Waals surface area (Å²) in [6.45, 7) is 13.2. The van der Waals surface area contributed by atoms with Crippen LogP contribution in [0.25, 0.3) is 22.3 Å². The van der Waals surface area contributed by atoms with Crippen molar-refractivity contribution in [2.24, 2.45) is 0 Å². The van der Waals surface area contributed by atoms with Gasteiger partial charge in [-0.2, -0.15) is 9.94 Å². The number of methoxy groups -OCH3 is 1. The number of nitrogens with one attached hydrogen (secondary N) is 2. The Bertz CT molecular complexity index is 2850. The van der Waals surface area contributed by atoms with Crippen LogP contribution in [0.15, 0.2) is 60.8 Å². The molecular weight excluding hydrogens is 1090 g/mol. The van der Waals surface area contributed by atoms with Gasteiger partial charge in [-0.1, -0.05) is 35.5 Å². The van der Waals surface area contributed by atoms with Crippen LogP contribution in [-0.4, -0.2) is 264 Å². The lowest BCUT2D eigenvalue weighted by molar-refractivity contribution is -0.126. The van der Waals surface area contributed by atoms with Gasteiger partial charge >= 0.3 is 0 Å². The molecule has 5 aromatic rings. The summed E-state index contributed by atoms with van der Waals surface area (Å²) in [6, 6.07) is 11.3. The lowest BCUT2D eigenvalue weighted by Gasteiger charge is -2.35. The van der Waals surface area contributed by atoms with Gasteiger partial charge in [0.05, 0.1) is 153 Å². The van der Waals surface area contributed by atoms with Crippen LogP contribution in [-0.2, 0) is 51.2 Å². The minimum Gasteiger partial charge on any atom is -0.494 e. The van der Waals surface area contributed by atoms with Gasteiger partial charge in [0.1, 0.15) is 24.1 Å². The zero-order valence-corrected chi connectivity index (χ0v) is 48.0. The van der Waals surface area contributed by atoms with Crippen molar-refractivity contribution in [3.8, 4) is 17.6 Å². The highest BCUT2D eigenvalue weighted by Gasteiger charge is 2.31. The van der Waals surface area contributed by atoms with Crippen LogP contribution >= 0.6 is 0 Å². The quantitative estimate of drug-likeness (QED) is 0.0141. The number of rotatable bonds is 40. The molecule has 2 amide bonds. The summed E-state index contributed by atoms with van der Waals surface area (Å²) in [5.41, 5.74) is 3.52. The second kappa shape index (κ2) is 36.0. The van der Waals surface area contributed by atoms with Crippen LogP contribution in [0.4, 0.5) is 0 Å². The number of pyridine rings is 1. The lowest BCUT2D eigenvalue weighted by Crippen LogP contribution is -2.48. The summed E-state index contributed by atoms with van der Waals surface area (Å²) in [7, 11) is 1.44. The summed E-state index contributed by atoms with van der Waals surface area (Å²) in [5.74, 6) is -1.54. The number of amides is 2. The van der Waals surface area contributed by atoms with Crippen molar-refractivity contribution < 1.29 is 62.5 Å². The molecule has 27 heteroatoms. The number of fused-ring (bicyclic) bond motifs is 1. The predicted molar refractivity (Wildman–Crippen MR) is 305 cm³/mol. The predicted octanol–water partition coefficient (Wildman–Crippen LogP) is 1.20. The number of aliphatic hydroxyl groups is 2. The molecule has 0 bridgehead atoms. The number of aldehydes is 1. The van der Waals surface area contributed by atoms with E-state index < -0.39 is 23.6 Å². The van der Waals surface area contributed by atoms with Gasteiger partial charge in [0.2, 0.25) is 5.82 Å². The van der Waals surface area contributed by atoms with Gasteiger partial charge < -0.3 is 68.3 Å². The van der Waals surface area contributed by atoms with E-state index in [1.807, 2.05) is 36.5 Å². The second-order valence-corrected chi connectivity index (χ2v) is 19.9. The standard InChI is InChI=1S/C57H80N14O13/c1-78-50-38-61-55(52-51(50)49(37-60-52)53(75)57(77)69-16-10-45(11-17-69)48(36-58)44-8-3-2-4-9-44)71-43-62-54(64-71)56(76)59-12-5-14-68(47(40-73)41-74)15-6-13-66-18-20-67(21-19-66)22-26-80-30-31-82-32-33-83-34-35-84-42-46-39-70(65-63-46)23-27-81-29-28-79-25-7-24-72/h2-4,8-9,24,37-39,43,47,60,73-74H,5-7,10-23,25-35,40-42H2,1H3,(H,59,76). The Morgan fingerprint density at radius 2 is 1.45 bits per heavy atom. The van der Waals surface area contributed by atoms with Crippen LogP contribution in [0, 0.1) is 11.3 Å². The molecular formula is C57H80N14O13. The fourth-order valence-corrected chi connectivity index (χ4v) is 9.74. The molecule has 1 aromatic carbocycles. The number of aromatic nitrogens is 8. The van der Waals surface area contributed by atoms with Crippen molar-refractivity contribution in [1.82, 2.24) is 64.6 Å². The van der Waals surface area contributed by atoms with Gasteiger partial charge in [-0.05, 0) is 49.9 Å². The molecule has 0 radical (unpaired) electrons. The minimum absolute atomic E-state index is 0.0923. The van der Waals surface area contributed by atoms with Crippen molar-refractivity contribution in [1.29, 1.82) is 5.26 Å². The summed E-state index contributed by atoms with van der Waals surface area (Å²) in [5, 5.41) is 45.8. The molecule has 27 nitrogen and oxygen atoms in total. The number of piperidine rings is 1. The summed E-state index contributed by atoms with van der Waals surface area (Å²) in [6.07, 6.45) is 9.54. The number of carbonyl (C=O) groups is 4. The molecule has 0 aliphatic carbocycles. The van der Waals surface area contributed by atoms with Crippen LogP contribution < -0.4 is 10.1 Å². The Morgan fingerprint density at radius 1 is 0.810 bits per heavy atom. The number of H-pyrrole nitrogens is 1. The number of benzene rings is 1. The average molecular weight is 1170 g/mol. The molecule has 84 heavy (non-hydrogen) atoms. The zero-order valence-electron chi connectivity index (χ0n) is 48.0. The molecule has 456 valence electrons. The highest BCUT2D eigenvalue weighted by atomic mass is 16.6. The van der Waals surface area contributed by atoms with E-state index in [0.29, 0.717) is 148 Å². The normalized spacial score (nSPS) is 14.2. The van der Waals surface area contributed by atoms with E-state index >= 15 is 0 Å². The number of hydrogen-bond donors (Lipinski definition) is 4. The smallest absolute Gasteiger partial charge is 0.295 e. The van der Waals surface area contributed by atoms with Crippen LogP contribution in [0.3, 0.4) is 0 Å². The van der Waals surface area contributed by atoms with E-state index in [1.165, 1.54) is 35.4 Å². The molecule has 2 aliphatic rings. The average Bonchev–Trinajstić information content (AvgIpc) is 2.38. The number of carbonyl (C=O) groups excluding carboxylic acids is 4. The van der Waals surface area contributed by atoms with Crippen molar-refractivity contribution in [2.75, 3.05) is 165 Å². The maximum absolute atomic E-state index is 13.8. The maximum atomic E-state index is 13.8. The van der Waals surface area contributed by atoms with Gasteiger partial charge in [-0.3, -0.25) is 24.2 Å². The van der Waals surface area contributed by atoms with Crippen LogP contribution in [0.1, 0.15) is 64.3 Å². The van der Waals surface area contributed by atoms with Crippen molar-refractivity contribution in [3.05, 3.63) is 83.5 Å². The molecule has 0 atom stereocenters. The Morgan fingerprint density at radius 3 is 2.12 bits per heavy atom. The van der Waals surface area contributed by atoms with Gasteiger partial charge in [0, 0.05) is 71.5 Å². The van der Waals surface area contributed by atoms with Gasteiger partial charge in [0.15, 0.2) is 5.82 Å². The molecule has 2 saturated heterocycles. The minimum atomic E-state index is -0.732. The number of nitrogens with zero attached hydrogens (tertiary/aromatic N) is 12. The van der Waals surface area contributed by atoms with Gasteiger partial charge in [0.25, 0.3) is 17.6 Å². The van der Waals surface area contributed by atoms with E-state index in [9.17, 15) is 34.7 Å². The maximum Gasteiger partial charge on any atom is 0.295 e. The van der Waals surface area contributed by atoms with E-state index in [4.69, 9.17) is 33.2 Å². The molecule has 4 aromatic heterocycles. The third-order valence-electron chi connectivity index (χ3n) is 14.4. The van der Waals surface area contributed by atoms with E-state index in [2.05, 4.69) is 56.4 Å². The zero-order chi connectivity index (χ0) is 59.1. The summed E-state index contributed by atoms with van der Waals surface area (Å²) in [4.78, 5) is 71.2. The number of nitriles is 1. The Hall–Kier alpha value is -6.94.